The highest BCUT2D eigenvalue weighted by Gasteiger charge is 2.25. The average Bonchev–Trinajstić information content (AvgIpc) is 2.73. The van der Waals surface area contributed by atoms with Crippen LogP contribution < -0.4 is 9.04 Å². The lowest BCUT2D eigenvalue weighted by molar-refractivity contribution is 0.0696. The number of aromatic carboxylic acids is 1. The second kappa shape index (κ2) is 8.14. The van der Waals surface area contributed by atoms with Gasteiger partial charge in [0.05, 0.1) is 29.8 Å². The van der Waals surface area contributed by atoms with E-state index in [0.29, 0.717) is 11.4 Å². The zero-order valence-electron chi connectivity index (χ0n) is 15.1. The Morgan fingerprint density at radius 1 is 0.929 bits per heavy atom. The molecule has 0 saturated heterocycles. The van der Waals surface area contributed by atoms with Crippen LogP contribution >= 0.6 is 0 Å². The number of ether oxygens (including phenoxy) is 1. The SMILES string of the molecule is COc1ccc(N(Cc2ccccc2)S(=O)(=O)c2ccc(C(=O)O)cc2)cc1. The minimum absolute atomic E-state index is 0.0178. The minimum atomic E-state index is -3.91. The molecule has 6 nitrogen and oxygen atoms in total. The summed E-state index contributed by atoms with van der Waals surface area (Å²) in [4.78, 5) is 11.1. The van der Waals surface area contributed by atoms with Crippen molar-refractivity contribution in [1.29, 1.82) is 0 Å². The first-order valence-electron chi connectivity index (χ1n) is 8.46. The summed E-state index contributed by atoms with van der Waals surface area (Å²) in [5.74, 6) is -0.494. The molecule has 0 spiro atoms. The van der Waals surface area contributed by atoms with Gasteiger partial charge in [-0.2, -0.15) is 0 Å². The third-order valence-corrected chi connectivity index (χ3v) is 6.01. The number of carbonyl (C=O) groups is 1. The third kappa shape index (κ3) is 4.15. The van der Waals surface area contributed by atoms with E-state index in [1.54, 1.807) is 24.3 Å². The first-order chi connectivity index (χ1) is 13.4. The molecule has 28 heavy (non-hydrogen) atoms. The smallest absolute Gasteiger partial charge is 0.335 e. The van der Waals surface area contributed by atoms with E-state index in [1.165, 1.54) is 35.7 Å². The summed E-state index contributed by atoms with van der Waals surface area (Å²) in [5, 5.41) is 9.04. The molecule has 0 bridgehead atoms. The summed E-state index contributed by atoms with van der Waals surface area (Å²) in [5.41, 5.74) is 1.33. The fourth-order valence-corrected chi connectivity index (χ4v) is 4.16. The van der Waals surface area contributed by atoms with E-state index in [-0.39, 0.29) is 17.0 Å². The number of hydrogen-bond acceptors (Lipinski definition) is 4. The number of methoxy groups -OCH3 is 1. The van der Waals surface area contributed by atoms with Crippen LogP contribution in [0.1, 0.15) is 15.9 Å². The van der Waals surface area contributed by atoms with Gasteiger partial charge in [0.25, 0.3) is 10.0 Å². The quantitative estimate of drug-likeness (QED) is 0.656. The Morgan fingerprint density at radius 2 is 1.54 bits per heavy atom. The molecule has 0 saturated carbocycles. The number of rotatable bonds is 7. The lowest BCUT2D eigenvalue weighted by Crippen LogP contribution is -2.30. The molecule has 0 fully saturated rings. The molecular weight excluding hydrogens is 378 g/mol. The number of carboxylic acid groups (broad SMARTS) is 1. The lowest BCUT2D eigenvalue weighted by atomic mass is 10.2. The van der Waals surface area contributed by atoms with Crippen molar-refractivity contribution in [3.63, 3.8) is 0 Å². The van der Waals surface area contributed by atoms with Crippen molar-refractivity contribution in [1.82, 2.24) is 0 Å². The molecule has 1 N–H and O–H groups in total. The zero-order valence-corrected chi connectivity index (χ0v) is 16.0. The first-order valence-corrected chi connectivity index (χ1v) is 9.90. The molecule has 0 aliphatic rings. The van der Waals surface area contributed by atoms with Gasteiger partial charge in [-0.15, -0.1) is 0 Å². The van der Waals surface area contributed by atoms with Crippen molar-refractivity contribution in [2.75, 3.05) is 11.4 Å². The number of hydrogen-bond donors (Lipinski definition) is 1. The highest BCUT2D eigenvalue weighted by Crippen LogP contribution is 2.28. The highest BCUT2D eigenvalue weighted by atomic mass is 32.2. The Balaban J connectivity index is 2.04. The number of carboxylic acids is 1. The molecule has 7 heteroatoms. The van der Waals surface area contributed by atoms with Gasteiger partial charge in [0.2, 0.25) is 0 Å². The number of nitrogens with zero attached hydrogens (tertiary/aromatic N) is 1. The summed E-state index contributed by atoms with van der Waals surface area (Å²) < 4.78 is 33.1. The van der Waals surface area contributed by atoms with Gasteiger partial charge < -0.3 is 9.84 Å². The molecule has 0 aliphatic heterocycles. The molecule has 0 amide bonds. The predicted octanol–water partition coefficient (Wildman–Crippen LogP) is 3.79. The Labute approximate surface area is 163 Å². The molecule has 3 aromatic carbocycles. The molecule has 0 atom stereocenters. The number of benzene rings is 3. The zero-order chi connectivity index (χ0) is 20.1. The highest BCUT2D eigenvalue weighted by molar-refractivity contribution is 7.92. The van der Waals surface area contributed by atoms with Crippen LogP contribution in [0.5, 0.6) is 5.75 Å². The van der Waals surface area contributed by atoms with Crippen molar-refractivity contribution in [2.45, 2.75) is 11.4 Å². The van der Waals surface area contributed by atoms with Crippen molar-refractivity contribution in [3.05, 3.63) is 90.0 Å². The largest absolute Gasteiger partial charge is 0.497 e. The summed E-state index contributed by atoms with van der Waals surface area (Å²) in [6.45, 7) is 0.135. The minimum Gasteiger partial charge on any atom is -0.497 e. The van der Waals surface area contributed by atoms with Crippen LogP contribution in [-0.2, 0) is 16.6 Å². The fraction of sp³-hybridized carbons (Fsp3) is 0.0952. The van der Waals surface area contributed by atoms with Gasteiger partial charge in [-0.25, -0.2) is 13.2 Å². The maximum atomic E-state index is 13.3. The Kier molecular flexibility index (Phi) is 5.65. The summed E-state index contributed by atoms with van der Waals surface area (Å²) in [7, 11) is -2.38. The molecule has 3 rings (SSSR count). The monoisotopic (exact) mass is 397 g/mol. The standard InChI is InChI=1S/C21H19NO5S/c1-27-19-11-9-18(10-12-19)22(15-16-5-3-2-4-6-16)28(25,26)20-13-7-17(8-14-20)21(23)24/h2-14H,15H2,1H3,(H,23,24). The van der Waals surface area contributed by atoms with Crippen molar-refractivity contribution in [3.8, 4) is 5.75 Å². The fourth-order valence-electron chi connectivity index (χ4n) is 2.71. The molecule has 144 valence electrons. The summed E-state index contributed by atoms with van der Waals surface area (Å²) >= 11 is 0. The van der Waals surface area contributed by atoms with Gasteiger partial charge in [-0.1, -0.05) is 30.3 Å². The molecule has 3 aromatic rings. The van der Waals surface area contributed by atoms with Crippen LogP contribution in [0.15, 0.2) is 83.8 Å². The van der Waals surface area contributed by atoms with Gasteiger partial charge in [0.1, 0.15) is 5.75 Å². The lowest BCUT2D eigenvalue weighted by Gasteiger charge is -2.25. The van der Waals surface area contributed by atoms with Gasteiger partial charge in [0, 0.05) is 0 Å². The average molecular weight is 397 g/mol. The molecule has 0 radical (unpaired) electrons. The second-order valence-corrected chi connectivity index (χ2v) is 7.89. The van der Waals surface area contributed by atoms with Gasteiger partial charge in [-0.3, -0.25) is 4.31 Å². The molecule has 0 unspecified atom stereocenters. The normalized spacial score (nSPS) is 11.0. The van der Waals surface area contributed by atoms with Gasteiger partial charge in [0.15, 0.2) is 0 Å². The number of anilines is 1. The van der Waals surface area contributed by atoms with Crippen molar-refractivity contribution < 1.29 is 23.1 Å². The van der Waals surface area contributed by atoms with E-state index < -0.39 is 16.0 Å². The Hall–Kier alpha value is -3.32. The molecule has 0 aliphatic carbocycles. The Morgan fingerprint density at radius 3 is 2.07 bits per heavy atom. The van der Waals surface area contributed by atoms with E-state index in [2.05, 4.69) is 0 Å². The topological polar surface area (TPSA) is 83.9 Å². The van der Waals surface area contributed by atoms with Crippen LogP contribution in [0.25, 0.3) is 0 Å². The Bertz CT molecular complexity index is 1050. The van der Waals surface area contributed by atoms with Crippen LogP contribution in [0.3, 0.4) is 0 Å². The van der Waals surface area contributed by atoms with E-state index in [9.17, 15) is 13.2 Å². The molecular formula is C21H19NO5S. The van der Waals surface area contributed by atoms with Gasteiger partial charge in [-0.05, 0) is 54.1 Å². The third-order valence-electron chi connectivity index (χ3n) is 4.22. The molecule has 0 aromatic heterocycles. The summed E-state index contributed by atoms with van der Waals surface area (Å²) in [6.07, 6.45) is 0. The van der Waals surface area contributed by atoms with Crippen molar-refractivity contribution in [2.24, 2.45) is 0 Å². The van der Waals surface area contributed by atoms with Crippen LogP contribution in [0.4, 0.5) is 5.69 Å². The maximum absolute atomic E-state index is 13.3. The second-order valence-electron chi connectivity index (χ2n) is 6.02. The maximum Gasteiger partial charge on any atom is 0.335 e. The van der Waals surface area contributed by atoms with Crippen molar-refractivity contribution >= 4 is 21.7 Å². The van der Waals surface area contributed by atoms with Crippen LogP contribution in [0.2, 0.25) is 0 Å². The van der Waals surface area contributed by atoms with Crippen LogP contribution in [0, 0.1) is 0 Å². The molecule has 0 heterocycles. The van der Waals surface area contributed by atoms with Crippen LogP contribution in [-0.4, -0.2) is 26.6 Å². The van der Waals surface area contributed by atoms with Gasteiger partial charge >= 0.3 is 5.97 Å². The van der Waals surface area contributed by atoms with E-state index in [0.717, 1.165) is 5.56 Å². The van der Waals surface area contributed by atoms with E-state index in [4.69, 9.17) is 9.84 Å². The summed E-state index contributed by atoms with van der Waals surface area (Å²) in [6, 6.07) is 21.1. The predicted molar refractivity (Wildman–Crippen MR) is 106 cm³/mol. The first kappa shape index (κ1) is 19.4. The van der Waals surface area contributed by atoms with E-state index in [1.807, 2.05) is 30.3 Å². The number of sulfonamides is 1. The van der Waals surface area contributed by atoms with E-state index >= 15 is 0 Å².